The van der Waals surface area contributed by atoms with E-state index in [2.05, 4.69) is 11.2 Å². The fraction of sp³-hybridized carbons (Fsp3) is 0.667. The molecule has 0 saturated carbocycles. The molecule has 0 spiro atoms. The summed E-state index contributed by atoms with van der Waals surface area (Å²) in [5, 5.41) is 11.3. The van der Waals surface area contributed by atoms with Crippen molar-refractivity contribution in [3.05, 3.63) is 0 Å². The molecular weight excluding hydrogens is 120 g/mol. The summed E-state index contributed by atoms with van der Waals surface area (Å²) in [7, 11) is 0. The second kappa shape index (κ2) is 5.02. The monoisotopic (exact) mass is 130 g/mol. The maximum Gasteiger partial charge on any atom is 0.112 e. The van der Waals surface area contributed by atoms with Crippen molar-refractivity contribution in [3.8, 4) is 11.2 Å². The fourth-order valence-electron chi connectivity index (χ4n) is 0.199. The minimum Gasteiger partial charge on any atom is -0.381 e. The lowest BCUT2D eigenvalue weighted by Gasteiger charge is -1.85. The van der Waals surface area contributed by atoms with Crippen LogP contribution in [0, 0.1) is 11.2 Å². The summed E-state index contributed by atoms with van der Waals surface area (Å²) in [4.78, 5) is 0. The Morgan fingerprint density at radius 2 is 2.38 bits per heavy atom. The first-order valence-corrected chi connectivity index (χ1v) is 3.56. The van der Waals surface area contributed by atoms with Crippen molar-refractivity contribution in [2.75, 3.05) is 5.75 Å². The summed E-state index contributed by atoms with van der Waals surface area (Å²) in [6.07, 6.45) is -0.478. The second-order valence-corrected chi connectivity index (χ2v) is 2.43. The van der Waals surface area contributed by atoms with Gasteiger partial charge in [-0.3, -0.25) is 0 Å². The van der Waals surface area contributed by atoms with E-state index in [9.17, 15) is 0 Å². The van der Waals surface area contributed by atoms with Gasteiger partial charge in [-0.15, -0.1) is 0 Å². The smallest absolute Gasteiger partial charge is 0.112 e. The largest absolute Gasteiger partial charge is 0.381 e. The molecule has 0 saturated heterocycles. The Morgan fingerprint density at radius 1 is 1.75 bits per heavy atom. The van der Waals surface area contributed by atoms with Gasteiger partial charge in [0.15, 0.2) is 0 Å². The van der Waals surface area contributed by atoms with Crippen LogP contribution in [-0.4, -0.2) is 17.0 Å². The predicted molar refractivity (Wildman–Crippen MR) is 37.6 cm³/mol. The quantitative estimate of drug-likeness (QED) is 0.536. The van der Waals surface area contributed by atoms with Crippen molar-refractivity contribution in [1.29, 1.82) is 0 Å². The second-order valence-electron chi connectivity index (χ2n) is 1.36. The van der Waals surface area contributed by atoms with Crippen LogP contribution in [0.15, 0.2) is 0 Å². The third kappa shape index (κ3) is 5.87. The third-order valence-electron chi connectivity index (χ3n) is 0.484. The lowest BCUT2D eigenvalue weighted by atomic mass is 10.4. The van der Waals surface area contributed by atoms with Crippen LogP contribution in [0.5, 0.6) is 0 Å². The summed E-state index contributed by atoms with van der Waals surface area (Å²) in [6.45, 7) is 3.69. The number of aliphatic hydroxyl groups excluding tert-OH is 1. The SMILES string of the molecule is CCSC#CC(C)O. The van der Waals surface area contributed by atoms with Crippen molar-refractivity contribution < 1.29 is 5.11 Å². The molecule has 0 aliphatic rings. The first kappa shape index (κ1) is 7.87. The number of hydrogen-bond donors (Lipinski definition) is 1. The van der Waals surface area contributed by atoms with Gasteiger partial charge >= 0.3 is 0 Å². The van der Waals surface area contributed by atoms with E-state index in [0.29, 0.717) is 0 Å². The van der Waals surface area contributed by atoms with Crippen LogP contribution in [-0.2, 0) is 0 Å². The molecule has 46 valence electrons. The van der Waals surface area contributed by atoms with Gasteiger partial charge in [0, 0.05) is 5.75 Å². The Hall–Kier alpha value is -0.130. The number of aliphatic hydroxyl groups is 1. The zero-order chi connectivity index (χ0) is 6.41. The zero-order valence-corrected chi connectivity index (χ0v) is 5.96. The molecule has 0 rings (SSSR count). The normalized spacial score (nSPS) is 11.9. The van der Waals surface area contributed by atoms with Crippen LogP contribution >= 0.6 is 11.8 Å². The molecule has 1 nitrogen and oxygen atoms in total. The zero-order valence-electron chi connectivity index (χ0n) is 5.14. The van der Waals surface area contributed by atoms with Crippen molar-refractivity contribution >= 4 is 11.8 Å². The Bertz CT molecular complexity index is 98.8. The van der Waals surface area contributed by atoms with Crippen LogP contribution in [0.3, 0.4) is 0 Å². The van der Waals surface area contributed by atoms with E-state index < -0.39 is 6.10 Å². The number of hydrogen-bond acceptors (Lipinski definition) is 2. The van der Waals surface area contributed by atoms with Gasteiger partial charge in [0.1, 0.15) is 6.10 Å². The molecule has 2 heteroatoms. The summed E-state index contributed by atoms with van der Waals surface area (Å²) < 4.78 is 0. The van der Waals surface area contributed by atoms with Crippen molar-refractivity contribution in [1.82, 2.24) is 0 Å². The standard InChI is InChI=1S/C6H10OS/c1-3-8-5-4-6(2)7/h6-7H,3H2,1-2H3. The molecule has 0 aromatic heterocycles. The summed E-state index contributed by atoms with van der Waals surface area (Å²) >= 11 is 1.52. The van der Waals surface area contributed by atoms with E-state index in [4.69, 9.17) is 5.11 Å². The average Bonchev–Trinajstić information content (AvgIpc) is 1.66. The highest BCUT2D eigenvalue weighted by molar-refractivity contribution is 8.03. The molecule has 0 aromatic carbocycles. The Balaban J connectivity index is 3.20. The van der Waals surface area contributed by atoms with Gasteiger partial charge in [-0.2, -0.15) is 0 Å². The highest BCUT2D eigenvalue weighted by Gasteiger charge is 1.80. The average molecular weight is 130 g/mol. The highest BCUT2D eigenvalue weighted by Crippen LogP contribution is 1.92. The molecule has 0 heterocycles. The van der Waals surface area contributed by atoms with Gasteiger partial charge in [0.25, 0.3) is 0 Å². The molecule has 8 heavy (non-hydrogen) atoms. The van der Waals surface area contributed by atoms with Gasteiger partial charge in [-0.05, 0) is 12.2 Å². The first-order valence-electron chi connectivity index (χ1n) is 2.57. The summed E-state index contributed by atoms with van der Waals surface area (Å²) in [6, 6.07) is 0. The van der Waals surface area contributed by atoms with Crippen LogP contribution in [0.1, 0.15) is 13.8 Å². The molecule has 0 aliphatic heterocycles. The number of thioether (sulfide) groups is 1. The number of rotatable bonds is 1. The first-order chi connectivity index (χ1) is 3.77. The van der Waals surface area contributed by atoms with Crippen LogP contribution < -0.4 is 0 Å². The van der Waals surface area contributed by atoms with Crippen LogP contribution in [0.4, 0.5) is 0 Å². The lowest BCUT2D eigenvalue weighted by Crippen LogP contribution is -1.91. The summed E-state index contributed by atoms with van der Waals surface area (Å²) in [5.41, 5.74) is 0. The molecule has 0 radical (unpaired) electrons. The molecule has 1 atom stereocenters. The molecule has 1 unspecified atom stereocenters. The highest BCUT2D eigenvalue weighted by atomic mass is 32.2. The molecule has 0 fully saturated rings. The van der Waals surface area contributed by atoms with Gasteiger partial charge < -0.3 is 5.11 Å². The molecular formula is C6H10OS. The van der Waals surface area contributed by atoms with Crippen molar-refractivity contribution in [2.45, 2.75) is 20.0 Å². The fourth-order valence-corrected chi connectivity index (χ4v) is 0.597. The molecule has 0 amide bonds. The predicted octanol–water partition coefficient (Wildman–Crippen LogP) is 1.08. The maximum atomic E-state index is 8.59. The van der Waals surface area contributed by atoms with Gasteiger partial charge in [-0.25, -0.2) is 0 Å². The molecule has 0 bridgehead atoms. The Kier molecular flexibility index (Phi) is 4.93. The lowest BCUT2D eigenvalue weighted by molar-refractivity contribution is 0.253. The van der Waals surface area contributed by atoms with Crippen molar-refractivity contribution in [2.24, 2.45) is 0 Å². The minimum atomic E-state index is -0.478. The van der Waals surface area contributed by atoms with E-state index in [1.54, 1.807) is 6.92 Å². The van der Waals surface area contributed by atoms with Gasteiger partial charge in [0.05, 0.1) is 0 Å². The maximum absolute atomic E-state index is 8.59. The molecule has 0 aliphatic carbocycles. The van der Waals surface area contributed by atoms with Crippen LogP contribution in [0.25, 0.3) is 0 Å². The van der Waals surface area contributed by atoms with E-state index in [1.165, 1.54) is 11.8 Å². The summed E-state index contributed by atoms with van der Waals surface area (Å²) in [5.74, 6) is 3.60. The van der Waals surface area contributed by atoms with E-state index in [1.807, 2.05) is 6.92 Å². The third-order valence-corrected chi connectivity index (χ3v) is 1.04. The Morgan fingerprint density at radius 3 is 2.75 bits per heavy atom. The molecule has 1 N–H and O–H groups in total. The van der Waals surface area contributed by atoms with Gasteiger partial charge in [0.2, 0.25) is 0 Å². The minimum absolute atomic E-state index is 0.478. The van der Waals surface area contributed by atoms with E-state index >= 15 is 0 Å². The topological polar surface area (TPSA) is 20.2 Å². The molecule has 0 aromatic rings. The Labute approximate surface area is 54.5 Å². The van der Waals surface area contributed by atoms with E-state index in [0.717, 1.165) is 5.75 Å². The van der Waals surface area contributed by atoms with Gasteiger partial charge in [-0.1, -0.05) is 24.6 Å². The van der Waals surface area contributed by atoms with Crippen molar-refractivity contribution in [3.63, 3.8) is 0 Å². The van der Waals surface area contributed by atoms with E-state index in [-0.39, 0.29) is 0 Å². The van der Waals surface area contributed by atoms with Crippen LogP contribution in [0.2, 0.25) is 0 Å².